The van der Waals surface area contributed by atoms with Gasteiger partial charge in [0.2, 0.25) is 0 Å². The molecule has 0 aromatic heterocycles. The van der Waals surface area contributed by atoms with Gasteiger partial charge in [-0.15, -0.1) is 11.6 Å². The Bertz CT molecular complexity index is 629. The van der Waals surface area contributed by atoms with Gasteiger partial charge in [0.1, 0.15) is 5.75 Å². The summed E-state index contributed by atoms with van der Waals surface area (Å²) in [6, 6.07) is 7.05. The van der Waals surface area contributed by atoms with Crippen molar-refractivity contribution in [1.82, 2.24) is 10.6 Å². The van der Waals surface area contributed by atoms with Gasteiger partial charge in [-0.25, -0.2) is 0 Å². The Morgan fingerprint density at radius 1 is 1.52 bits per heavy atom. The number of rotatable bonds is 7. The molecule has 2 rings (SSSR count). The van der Waals surface area contributed by atoms with Crippen molar-refractivity contribution >= 4 is 17.5 Å². The van der Waals surface area contributed by atoms with Crippen molar-refractivity contribution in [1.29, 1.82) is 0 Å². The lowest BCUT2D eigenvalue weighted by atomic mass is 10.0. The highest BCUT2D eigenvalue weighted by Gasteiger charge is 2.23. The molecule has 1 aromatic rings. The van der Waals surface area contributed by atoms with E-state index < -0.39 is 12.0 Å². The van der Waals surface area contributed by atoms with E-state index in [0.29, 0.717) is 17.9 Å². The van der Waals surface area contributed by atoms with Crippen LogP contribution in [-0.2, 0) is 4.74 Å². The van der Waals surface area contributed by atoms with Crippen molar-refractivity contribution in [2.45, 2.75) is 24.7 Å². The quantitative estimate of drug-likeness (QED) is 0.490. The summed E-state index contributed by atoms with van der Waals surface area (Å²) in [5, 5.41) is 6.68. The van der Waals surface area contributed by atoms with Crippen LogP contribution < -0.4 is 21.1 Å². The molecule has 0 radical (unpaired) electrons. The molecule has 6 nitrogen and oxygen atoms in total. The number of alkyl halides is 1. The Hall–Kier alpha value is -1.78. The summed E-state index contributed by atoms with van der Waals surface area (Å²) in [5.74, 6) is 6.05. The first-order valence-electron chi connectivity index (χ1n) is 8.22. The van der Waals surface area contributed by atoms with E-state index in [4.69, 9.17) is 26.8 Å². The van der Waals surface area contributed by atoms with E-state index >= 15 is 0 Å². The fourth-order valence-corrected chi connectivity index (χ4v) is 2.82. The van der Waals surface area contributed by atoms with Crippen molar-refractivity contribution in [2.75, 3.05) is 32.6 Å². The second-order valence-electron chi connectivity index (χ2n) is 5.70. The number of benzene rings is 1. The minimum Gasteiger partial charge on any atom is -0.476 e. The predicted molar refractivity (Wildman–Crippen MR) is 97.9 cm³/mol. The van der Waals surface area contributed by atoms with Crippen LogP contribution in [0.2, 0.25) is 0 Å². The number of amides is 1. The Balaban J connectivity index is 1.90. The average Bonchev–Trinajstić information content (AvgIpc) is 2.64. The number of carbonyl (C=O) groups excluding carboxylic acids is 1. The number of carbonyl (C=O) groups is 1. The molecule has 0 spiro atoms. The summed E-state index contributed by atoms with van der Waals surface area (Å²) < 4.78 is 11.2. The van der Waals surface area contributed by atoms with E-state index in [2.05, 4.69) is 22.5 Å². The van der Waals surface area contributed by atoms with Gasteiger partial charge in [-0.05, 0) is 25.1 Å². The van der Waals surface area contributed by atoms with Crippen molar-refractivity contribution in [3.63, 3.8) is 0 Å². The predicted octanol–water partition coefficient (Wildman–Crippen LogP) is 0.742. The normalized spacial score (nSPS) is 21.0. The fourth-order valence-electron chi connectivity index (χ4n) is 2.68. The zero-order valence-corrected chi connectivity index (χ0v) is 15.0. The second kappa shape index (κ2) is 10.3. The number of hydrogen-bond donors (Lipinski definition) is 3. The van der Waals surface area contributed by atoms with Crippen molar-refractivity contribution in [3.05, 3.63) is 29.8 Å². The number of piperidine rings is 1. The monoisotopic (exact) mass is 365 g/mol. The van der Waals surface area contributed by atoms with Crippen LogP contribution in [0.5, 0.6) is 5.75 Å². The molecule has 1 saturated heterocycles. The standard InChI is InChI=1S/C18H24ClN3O3/c1-24-17-12-21-10-8-15(17)22-9-4-5-13(11-19)25-16-7-3-2-6-14(16)18(20)23/h2-3,6-7,13,15,17,21-22H,8-12H2,1H3,(H2,20,23)/t13-,15?,17?/m0/s1. The zero-order valence-electron chi connectivity index (χ0n) is 14.3. The van der Waals surface area contributed by atoms with Crippen LogP contribution in [-0.4, -0.2) is 56.8 Å². The number of nitrogens with one attached hydrogen (secondary N) is 2. The van der Waals surface area contributed by atoms with Gasteiger partial charge in [0, 0.05) is 19.7 Å². The summed E-state index contributed by atoms with van der Waals surface area (Å²) in [4.78, 5) is 11.4. The van der Waals surface area contributed by atoms with Gasteiger partial charge in [0.05, 0.1) is 24.1 Å². The fraction of sp³-hybridized carbons (Fsp3) is 0.500. The molecule has 2 unspecified atom stereocenters. The van der Waals surface area contributed by atoms with Crippen LogP contribution in [0.4, 0.5) is 0 Å². The van der Waals surface area contributed by atoms with Gasteiger partial charge in [0.15, 0.2) is 6.10 Å². The van der Waals surface area contributed by atoms with Crippen LogP contribution >= 0.6 is 11.6 Å². The first-order valence-corrected chi connectivity index (χ1v) is 8.76. The number of hydrogen-bond acceptors (Lipinski definition) is 5. The molecule has 7 heteroatoms. The molecule has 136 valence electrons. The molecule has 3 atom stereocenters. The summed E-state index contributed by atoms with van der Waals surface area (Å²) >= 11 is 5.93. The number of halogens is 1. The Kier molecular flexibility index (Phi) is 8.02. The minimum absolute atomic E-state index is 0.137. The average molecular weight is 366 g/mol. The number of para-hydroxylation sites is 1. The van der Waals surface area contributed by atoms with Crippen LogP contribution in [0, 0.1) is 11.8 Å². The lowest BCUT2D eigenvalue weighted by Gasteiger charge is -2.31. The molecular weight excluding hydrogens is 342 g/mol. The largest absolute Gasteiger partial charge is 0.476 e. The molecule has 25 heavy (non-hydrogen) atoms. The SMILES string of the molecule is COC1CNCCC1NCC#C[C@@H](CCl)Oc1ccccc1C(N)=O. The maximum Gasteiger partial charge on any atom is 0.252 e. The van der Waals surface area contributed by atoms with E-state index in [9.17, 15) is 4.79 Å². The van der Waals surface area contributed by atoms with Crippen molar-refractivity contribution in [3.8, 4) is 17.6 Å². The van der Waals surface area contributed by atoms with Gasteiger partial charge in [-0.2, -0.15) is 0 Å². The first-order chi connectivity index (χ1) is 12.2. The van der Waals surface area contributed by atoms with E-state index in [1.54, 1.807) is 31.4 Å². The third-order valence-electron chi connectivity index (χ3n) is 4.01. The Morgan fingerprint density at radius 3 is 3.04 bits per heavy atom. The molecule has 1 aliphatic rings. The van der Waals surface area contributed by atoms with E-state index in [1.165, 1.54) is 0 Å². The minimum atomic E-state index is -0.546. The topological polar surface area (TPSA) is 85.6 Å². The van der Waals surface area contributed by atoms with E-state index in [0.717, 1.165) is 19.5 Å². The van der Waals surface area contributed by atoms with Gasteiger partial charge < -0.3 is 25.8 Å². The lowest BCUT2D eigenvalue weighted by molar-refractivity contribution is 0.0533. The molecule has 0 aliphatic carbocycles. The van der Waals surface area contributed by atoms with Crippen LogP contribution in [0.25, 0.3) is 0 Å². The van der Waals surface area contributed by atoms with Gasteiger partial charge in [-0.3, -0.25) is 4.79 Å². The van der Waals surface area contributed by atoms with Crippen LogP contribution in [0.3, 0.4) is 0 Å². The van der Waals surface area contributed by atoms with Gasteiger partial charge in [0.25, 0.3) is 5.91 Å². The van der Waals surface area contributed by atoms with Crippen molar-refractivity contribution in [2.24, 2.45) is 5.73 Å². The van der Waals surface area contributed by atoms with Gasteiger partial charge >= 0.3 is 0 Å². The molecule has 1 aliphatic heterocycles. The van der Waals surface area contributed by atoms with Crippen molar-refractivity contribution < 1.29 is 14.3 Å². The molecule has 1 amide bonds. The molecular formula is C18H24ClN3O3. The Labute approximate surface area is 153 Å². The summed E-state index contributed by atoms with van der Waals surface area (Å²) in [6.45, 7) is 2.31. The summed E-state index contributed by atoms with van der Waals surface area (Å²) in [5.41, 5.74) is 5.66. The summed E-state index contributed by atoms with van der Waals surface area (Å²) in [7, 11) is 1.71. The Morgan fingerprint density at radius 2 is 2.32 bits per heavy atom. The van der Waals surface area contributed by atoms with Crippen LogP contribution in [0.1, 0.15) is 16.8 Å². The number of primary amides is 1. The molecule has 1 aromatic carbocycles. The number of ether oxygens (including phenoxy) is 2. The molecule has 4 N–H and O–H groups in total. The highest BCUT2D eigenvalue weighted by molar-refractivity contribution is 6.18. The molecule has 0 bridgehead atoms. The molecule has 1 heterocycles. The summed E-state index contributed by atoms with van der Waals surface area (Å²) in [6.07, 6.45) is 0.606. The second-order valence-corrected chi connectivity index (χ2v) is 6.01. The lowest BCUT2D eigenvalue weighted by Crippen LogP contribution is -2.52. The molecule has 1 fully saturated rings. The highest BCUT2D eigenvalue weighted by atomic mass is 35.5. The van der Waals surface area contributed by atoms with E-state index in [-0.39, 0.29) is 18.0 Å². The van der Waals surface area contributed by atoms with Gasteiger partial charge in [-0.1, -0.05) is 24.0 Å². The smallest absolute Gasteiger partial charge is 0.252 e. The number of methoxy groups -OCH3 is 1. The zero-order chi connectivity index (χ0) is 18.1. The first kappa shape index (κ1) is 19.5. The molecule has 0 saturated carbocycles. The third kappa shape index (κ3) is 5.91. The third-order valence-corrected chi connectivity index (χ3v) is 4.29. The maximum atomic E-state index is 11.4. The number of nitrogens with two attached hydrogens (primary N) is 1. The van der Waals surface area contributed by atoms with Crippen LogP contribution in [0.15, 0.2) is 24.3 Å². The highest BCUT2D eigenvalue weighted by Crippen LogP contribution is 2.19. The van der Waals surface area contributed by atoms with E-state index in [1.807, 2.05) is 0 Å². The maximum absolute atomic E-state index is 11.4.